The van der Waals surface area contributed by atoms with Crippen LogP contribution in [-0.2, 0) is 30.8 Å². The Morgan fingerprint density at radius 3 is 2.67 bits per heavy atom. The highest BCUT2D eigenvalue weighted by Gasteiger charge is 2.31. The number of imidazole rings is 1. The van der Waals surface area contributed by atoms with Crippen molar-refractivity contribution in [1.29, 1.82) is 5.26 Å². The Hall–Kier alpha value is -4.12. The summed E-state index contributed by atoms with van der Waals surface area (Å²) in [5.74, 6) is 0.687. The van der Waals surface area contributed by atoms with Gasteiger partial charge in [0.05, 0.1) is 30.2 Å². The van der Waals surface area contributed by atoms with E-state index in [0.717, 1.165) is 29.7 Å². The van der Waals surface area contributed by atoms with Crippen molar-refractivity contribution in [2.24, 2.45) is 0 Å². The first-order valence-corrected chi connectivity index (χ1v) is 13.4. The summed E-state index contributed by atoms with van der Waals surface area (Å²) in [5, 5.41) is 13.6. The smallest absolute Gasteiger partial charge is 0.240 e. The largest absolute Gasteiger partial charge is 0.492 e. The molecule has 0 bridgehead atoms. The Kier molecular flexibility index (Phi) is 8.57. The molecule has 1 amide bonds. The molecule has 0 saturated carbocycles. The number of hydrogen-bond donors (Lipinski definition) is 1. The van der Waals surface area contributed by atoms with Crippen molar-refractivity contribution in [3.8, 4) is 11.8 Å². The lowest BCUT2D eigenvalue weighted by molar-refractivity contribution is -0.129. The summed E-state index contributed by atoms with van der Waals surface area (Å²) >= 11 is 6.10. The molecule has 198 valence electrons. The number of halogens is 1. The average Bonchev–Trinajstić information content (AvgIpc) is 3.54. The first-order valence-electron chi connectivity index (χ1n) is 13.0. The van der Waals surface area contributed by atoms with Gasteiger partial charge in [-0.1, -0.05) is 60.1 Å². The number of hydrogen-bond acceptors (Lipinski definition) is 5. The van der Waals surface area contributed by atoms with Gasteiger partial charge in [0.2, 0.25) is 5.91 Å². The van der Waals surface area contributed by atoms with Gasteiger partial charge in [0, 0.05) is 43.8 Å². The molecule has 1 aromatic heterocycles. The summed E-state index contributed by atoms with van der Waals surface area (Å²) < 4.78 is 8.05. The fraction of sp³-hybridized carbons (Fsp3) is 0.258. The first kappa shape index (κ1) is 26.5. The monoisotopic (exact) mass is 539 g/mol. The van der Waals surface area contributed by atoms with Gasteiger partial charge in [-0.2, -0.15) is 5.26 Å². The molecule has 4 aromatic rings. The number of carbonyl (C=O) groups excluding carboxylic acids is 1. The molecule has 0 radical (unpaired) electrons. The molecule has 1 atom stereocenters. The van der Waals surface area contributed by atoms with E-state index in [-0.39, 0.29) is 11.9 Å². The van der Waals surface area contributed by atoms with Gasteiger partial charge < -0.3 is 19.5 Å². The fourth-order valence-electron chi connectivity index (χ4n) is 4.80. The van der Waals surface area contributed by atoms with Crippen LogP contribution >= 0.6 is 11.6 Å². The lowest BCUT2D eigenvalue weighted by atomic mass is 10.1. The van der Waals surface area contributed by atoms with Crippen LogP contribution in [0, 0.1) is 11.3 Å². The summed E-state index contributed by atoms with van der Waals surface area (Å²) in [5.41, 5.74) is 4.72. The van der Waals surface area contributed by atoms with Gasteiger partial charge in [0.1, 0.15) is 11.8 Å². The zero-order valence-electron chi connectivity index (χ0n) is 21.6. The number of rotatable bonds is 11. The van der Waals surface area contributed by atoms with Gasteiger partial charge >= 0.3 is 0 Å². The predicted octanol–water partition coefficient (Wildman–Crippen LogP) is 4.97. The third-order valence-electron chi connectivity index (χ3n) is 6.90. The van der Waals surface area contributed by atoms with Crippen LogP contribution in [0.4, 0.5) is 0 Å². The zero-order valence-corrected chi connectivity index (χ0v) is 22.3. The molecule has 1 aliphatic rings. The minimum absolute atomic E-state index is 0.102. The van der Waals surface area contributed by atoms with E-state index in [4.69, 9.17) is 16.3 Å². The van der Waals surface area contributed by atoms with E-state index in [0.29, 0.717) is 49.1 Å². The molecule has 1 N–H and O–H groups in total. The van der Waals surface area contributed by atoms with Crippen LogP contribution in [0.15, 0.2) is 85.3 Å². The number of likely N-dealkylation sites (tertiary alicyclic amines) is 1. The molecular weight excluding hydrogens is 510 g/mol. The summed E-state index contributed by atoms with van der Waals surface area (Å²) in [6.45, 7) is 2.87. The number of benzene rings is 3. The van der Waals surface area contributed by atoms with E-state index in [2.05, 4.69) is 28.5 Å². The van der Waals surface area contributed by atoms with E-state index in [1.54, 1.807) is 12.4 Å². The van der Waals surface area contributed by atoms with E-state index in [1.807, 2.05) is 70.3 Å². The van der Waals surface area contributed by atoms with Crippen molar-refractivity contribution in [2.45, 2.75) is 38.5 Å². The molecule has 1 fully saturated rings. The van der Waals surface area contributed by atoms with Crippen LogP contribution in [0.5, 0.6) is 5.75 Å². The number of nitrogens with one attached hydrogen (secondary N) is 1. The van der Waals surface area contributed by atoms with Crippen molar-refractivity contribution < 1.29 is 9.53 Å². The second kappa shape index (κ2) is 12.6. The number of nitriles is 1. The second-order valence-corrected chi connectivity index (χ2v) is 10.1. The molecule has 39 heavy (non-hydrogen) atoms. The first-order chi connectivity index (χ1) is 19.1. The summed E-state index contributed by atoms with van der Waals surface area (Å²) in [4.78, 5) is 19.2. The van der Waals surface area contributed by atoms with E-state index in [9.17, 15) is 10.1 Å². The summed E-state index contributed by atoms with van der Waals surface area (Å²) in [6, 6.07) is 25.4. The summed E-state index contributed by atoms with van der Waals surface area (Å²) in [6.07, 6.45) is 5.13. The third kappa shape index (κ3) is 6.85. The van der Waals surface area contributed by atoms with Gasteiger partial charge in [-0.15, -0.1) is 0 Å². The van der Waals surface area contributed by atoms with Crippen LogP contribution in [-0.4, -0.2) is 39.6 Å². The van der Waals surface area contributed by atoms with Crippen LogP contribution in [0.2, 0.25) is 5.02 Å². The third-order valence-corrected chi connectivity index (χ3v) is 7.13. The Balaban J connectivity index is 1.17. The van der Waals surface area contributed by atoms with Gasteiger partial charge in [0.15, 0.2) is 0 Å². The molecule has 7 nitrogen and oxygen atoms in total. The van der Waals surface area contributed by atoms with Gasteiger partial charge in [-0.25, -0.2) is 4.98 Å². The topological polar surface area (TPSA) is 83.2 Å². The second-order valence-electron chi connectivity index (χ2n) is 9.65. The van der Waals surface area contributed by atoms with E-state index < -0.39 is 0 Å². The lowest BCUT2D eigenvalue weighted by Crippen LogP contribution is -2.38. The minimum atomic E-state index is -0.230. The Bertz CT molecular complexity index is 1460. The molecule has 2 heterocycles. The van der Waals surface area contributed by atoms with E-state index >= 15 is 0 Å². The van der Waals surface area contributed by atoms with Crippen LogP contribution < -0.4 is 10.1 Å². The van der Waals surface area contributed by atoms with Crippen molar-refractivity contribution in [1.82, 2.24) is 19.8 Å². The number of nitrogens with zero attached hydrogens (tertiary/aromatic N) is 4. The Labute approximate surface area is 233 Å². The highest BCUT2D eigenvalue weighted by Crippen LogP contribution is 2.22. The van der Waals surface area contributed by atoms with Crippen molar-refractivity contribution in [2.75, 3.05) is 13.2 Å². The van der Waals surface area contributed by atoms with Gasteiger partial charge in [0.25, 0.3) is 0 Å². The van der Waals surface area contributed by atoms with Crippen molar-refractivity contribution in [3.05, 3.63) is 118 Å². The maximum atomic E-state index is 13.0. The number of aromatic nitrogens is 2. The van der Waals surface area contributed by atoms with E-state index in [1.165, 1.54) is 5.56 Å². The molecule has 8 heteroatoms. The van der Waals surface area contributed by atoms with Gasteiger partial charge in [-0.3, -0.25) is 4.79 Å². The highest BCUT2D eigenvalue weighted by atomic mass is 35.5. The molecule has 0 spiro atoms. The molecule has 1 saturated heterocycles. The van der Waals surface area contributed by atoms with Crippen LogP contribution in [0.25, 0.3) is 0 Å². The number of amides is 1. The molecule has 3 aromatic carbocycles. The minimum Gasteiger partial charge on any atom is -0.492 e. The highest BCUT2D eigenvalue weighted by molar-refractivity contribution is 6.30. The Morgan fingerprint density at radius 1 is 1.03 bits per heavy atom. The normalized spacial score (nSPS) is 14.9. The zero-order chi connectivity index (χ0) is 27.0. The average molecular weight is 540 g/mol. The maximum Gasteiger partial charge on any atom is 0.240 e. The molecular formula is C31H30ClN5O2. The number of ether oxygens (including phenoxy) is 1. The SMILES string of the molecule is N#Cc1ccc(Cn2cncc2CN[C@H]2CCN(Cc3cccc(Cl)c3)C2=O)cc1OCCc1ccccc1. The van der Waals surface area contributed by atoms with Crippen LogP contribution in [0.3, 0.4) is 0 Å². The lowest BCUT2D eigenvalue weighted by Gasteiger charge is -2.18. The van der Waals surface area contributed by atoms with Crippen molar-refractivity contribution >= 4 is 17.5 Å². The van der Waals surface area contributed by atoms with Gasteiger partial charge in [-0.05, 0) is 47.4 Å². The number of carbonyl (C=O) groups is 1. The fourth-order valence-corrected chi connectivity index (χ4v) is 5.02. The predicted molar refractivity (Wildman–Crippen MR) is 150 cm³/mol. The molecule has 0 aliphatic carbocycles. The standard InChI is InChI=1S/C31H30ClN5O2/c32-27-8-4-7-24(15-27)20-36-13-11-29(31(36)38)35-19-28-18-34-22-37(28)21-25-9-10-26(17-33)30(16-25)39-14-12-23-5-2-1-3-6-23/h1-10,15-16,18,22,29,35H,11-14,19-21H2/t29-/m0/s1. The van der Waals surface area contributed by atoms with Crippen molar-refractivity contribution in [3.63, 3.8) is 0 Å². The molecule has 1 aliphatic heterocycles. The Morgan fingerprint density at radius 2 is 1.85 bits per heavy atom. The summed E-state index contributed by atoms with van der Waals surface area (Å²) in [7, 11) is 0. The van der Waals surface area contributed by atoms with Crippen LogP contribution in [0.1, 0.15) is 34.4 Å². The maximum absolute atomic E-state index is 13.0. The quantitative estimate of drug-likeness (QED) is 0.291. The molecule has 5 rings (SSSR count). The molecule has 0 unspecified atom stereocenters.